The molecule has 4 rings (SSSR count). The fourth-order valence-electron chi connectivity index (χ4n) is 3.16. The Hall–Kier alpha value is -3.71. The average Bonchev–Trinajstić information content (AvgIpc) is 3.37. The third-order valence-electron chi connectivity index (χ3n) is 4.62. The summed E-state index contributed by atoms with van der Waals surface area (Å²) in [6, 6.07) is 7.56. The Morgan fingerprint density at radius 3 is 2.82 bits per heavy atom. The van der Waals surface area contributed by atoms with Crippen molar-refractivity contribution in [3.05, 3.63) is 46.3 Å². The summed E-state index contributed by atoms with van der Waals surface area (Å²) in [6.45, 7) is 1.60. The lowest BCUT2D eigenvalue weighted by atomic mass is 10.2. The molecule has 0 fully saturated rings. The zero-order valence-corrected chi connectivity index (χ0v) is 18.9. The van der Waals surface area contributed by atoms with Crippen LogP contribution >= 0.6 is 11.3 Å². The summed E-state index contributed by atoms with van der Waals surface area (Å²) >= 11 is 1.23. The Morgan fingerprint density at radius 2 is 2.00 bits per heavy atom. The standard InChI is InChI=1S/C21H22F2N6O4S/c1-31-7-2-6-25-17-10-13(28-20(24)29-17)11-26-14-5-8-34-18(14)19(30)27-12-3-4-15-16(9-12)33-21(22,23)32-15/h3-5,8-10,26H,2,6-7,11H2,1H3,(H,27,30)(H3,24,25,28,29). The molecule has 180 valence electrons. The third kappa shape index (κ3) is 5.80. The van der Waals surface area contributed by atoms with Crippen molar-refractivity contribution in [2.24, 2.45) is 0 Å². The Labute approximate surface area is 197 Å². The number of benzene rings is 1. The summed E-state index contributed by atoms with van der Waals surface area (Å²) in [4.78, 5) is 21.6. The molecule has 0 radical (unpaired) electrons. The monoisotopic (exact) mass is 492 g/mol. The number of carbonyl (C=O) groups excluding carboxylic acids is 1. The van der Waals surface area contributed by atoms with Gasteiger partial charge < -0.3 is 35.9 Å². The number of nitrogens with two attached hydrogens (primary N) is 1. The molecule has 1 amide bonds. The van der Waals surface area contributed by atoms with E-state index < -0.39 is 12.2 Å². The summed E-state index contributed by atoms with van der Waals surface area (Å²) in [5.74, 6) is 0.0617. The molecule has 3 heterocycles. The Bertz CT molecular complexity index is 1180. The first kappa shape index (κ1) is 23.4. The van der Waals surface area contributed by atoms with Gasteiger partial charge in [0.15, 0.2) is 11.5 Å². The van der Waals surface area contributed by atoms with Gasteiger partial charge in [0.05, 0.1) is 17.9 Å². The molecule has 1 aliphatic heterocycles. The maximum Gasteiger partial charge on any atom is 0.586 e. The van der Waals surface area contributed by atoms with E-state index in [1.807, 2.05) is 0 Å². The highest BCUT2D eigenvalue weighted by Gasteiger charge is 2.43. The maximum absolute atomic E-state index is 13.2. The van der Waals surface area contributed by atoms with Gasteiger partial charge in [0, 0.05) is 38.1 Å². The number of nitrogens with zero attached hydrogens (tertiary/aromatic N) is 2. The number of hydrogen-bond acceptors (Lipinski definition) is 10. The number of amides is 1. The summed E-state index contributed by atoms with van der Waals surface area (Å²) in [5, 5.41) is 10.8. The lowest BCUT2D eigenvalue weighted by molar-refractivity contribution is -0.286. The van der Waals surface area contributed by atoms with Crippen molar-refractivity contribution < 1.29 is 27.8 Å². The number of fused-ring (bicyclic) bond motifs is 1. The van der Waals surface area contributed by atoms with Crippen LogP contribution in [0.1, 0.15) is 21.8 Å². The van der Waals surface area contributed by atoms with Crippen LogP contribution in [0.2, 0.25) is 0 Å². The number of carbonyl (C=O) groups is 1. The molecule has 1 aliphatic rings. The summed E-state index contributed by atoms with van der Waals surface area (Å²) in [5.41, 5.74) is 7.32. The van der Waals surface area contributed by atoms with Crippen LogP contribution in [0.15, 0.2) is 35.7 Å². The van der Waals surface area contributed by atoms with Crippen LogP contribution in [0.5, 0.6) is 11.5 Å². The van der Waals surface area contributed by atoms with Gasteiger partial charge in [-0.15, -0.1) is 20.1 Å². The van der Waals surface area contributed by atoms with E-state index in [9.17, 15) is 13.6 Å². The van der Waals surface area contributed by atoms with Crippen LogP contribution in [-0.2, 0) is 11.3 Å². The Morgan fingerprint density at radius 1 is 1.18 bits per heavy atom. The topological polar surface area (TPSA) is 133 Å². The van der Waals surface area contributed by atoms with Gasteiger partial charge in [0.1, 0.15) is 10.7 Å². The number of anilines is 4. The van der Waals surface area contributed by atoms with Crippen molar-refractivity contribution in [3.63, 3.8) is 0 Å². The van der Waals surface area contributed by atoms with E-state index in [-0.39, 0.29) is 23.1 Å². The van der Waals surface area contributed by atoms with Gasteiger partial charge in [-0.1, -0.05) is 0 Å². The lowest BCUT2D eigenvalue weighted by Gasteiger charge is -2.11. The number of halogens is 2. The van der Waals surface area contributed by atoms with E-state index in [0.717, 1.165) is 6.42 Å². The normalized spacial score (nSPS) is 13.5. The largest absolute Gasteiger partial charge is 0.586 e. The van der Waals surface area contributed by atoms with E-state index in [4.69, 9.17) is 10.5 Å². The number of nitrogen functional groups attached to an aromatic ring is 1. The summed E-state index contributed by atoms with van der Waals surface area (Å²) in [6.07, 6.45) is -2.91. The number of aromatic nitrogens is 2. The molecule has 0 atom stereocenters. The number of rotatable bonds is 10. The van der Waals surface area contributed by atoms with Gasteiger partial charge in [0.25, 0.3) is 5.91 Å². The molecule has 2 aromatic heterocycles. The van der Waals surface area contributed by atoms with Crippen molar-refractivity contribution in [1.82, 2.24) is 9.97 Å². The predicted molar refractivity (Wildman–Crippen MR) is 124 cm³/mol. The molecule has 0 unspecified atom stereocenters. The fourth-order valence-corrected chi connectivity index (χ4v) is 3.92. The van der Waals surface area contributed by atoms with Gasteiger partial charge in [0.2, 0.25) is 5.95 Å². The second-order valence-corrected chi connectivity index (χ2v) is 8.09. The quantitative estimate of drug-likeness (QED) is 0.312. The molecule has 3 aromatic rings. The SMILES string of the molecule is COCCCNc1cc(CNc2ccsc2C(=O)Nc2ccc3c(c2)OC(F)(F)O3)nc(N)n1. The minimum Gasteiger partial charge on any atom is -0.395 e. The van der Waals surface area contributed by atoms with Crippen molar-refractivity contribution >= 4 is 40.4 Å². The molecule has 5 N–H and O–H groups in total. The number of nitrogens with one attached hydrogen (secondary N) is 3. The minimum absolute atomic E-state index is 0.0989. The van der Waals surface area contributed by atoms with Gasteiger partial charge in [-0.2, -0.15) is 4.98 Å². The van der Waals surface area contributed by atoms with E-state index in [1.165, 1.54) is 29.5 Å². The zero-order chi connectivity index (χ0) is 24.1. The van der Waals surface area contributed by atoms with Crippen molar-refractivity contribution in [2.75, 3.05) is 41.9 Å². The van der Waals surface area contributed by atoms with E-state index in [0.29, 0.717) is 41.8 Å². The van der Waals surface area contributed by atoms with Crippen molar-refractivity contribution in [2.45, 2.75) is 19.3 Å². The highest BCUT2D eigenvalue weighted by atomic mass is 32.1. The molecule has 1 aromatic carbocycles. The molecule has 10 nitrogen and oxygen atoms in total. The van der Waals surface area contributed by atoms with Crippen LogP contribution in [0.4, 0.5) is 31.9 Å². The third-order valence-corrected chi connectivity index (χ3v) is 5.53. The molecular weight excluding hydrogens is 470 g/mol. The van der Waals surface area contributed by atoms with E-state index in [1.54, 1.807) is 24.6 Å². The molecule has 0 saturated heterocycles. The van der Waals surface area contributed by atoms with Crippen LogP contribution in [0.3, 0.4) is 0 Å². The zero-order valence-electron chi connectivity index (χ0n) is 18.1. The first-order valence-electron chi connectivity index (χ1n) is 10.2. The van der Waals surface area contributed by atoms with Crippen LogP contribution in [0, 0.1) is 0 Å². The number of alkyl halides is 2. The minimum atomic E-state index is -3.72. The molecule has 0 spiro atoms. The molecule has 34 heavy (non-hydrogen) atoms. The highest BCUT2D eigenvalue weighted by molar-refractivity contribution is 7.12. The van der Waals surface area contributed by atoms with Crippen molar-refractivity contribution in [3.8, 4) is 11.5 Å². The van der Waals surface area contributed by atoms with Gasteiger partial charge in [-0.3, -0.25) is 4.79 Å². The van der Waals surface area contributed by atoms with Gasteiger partial charge in [-0.05, 0) is 30.0 Å². The molecule has 0 aliphatic carbocycles. The van der Waals surface area contributed by atoms with Gasteiger partial charge >= 0.3 is 6.29 Å². The van der Waals surface area contributed by atoms with E-state index >= 15 is 0 Å². The molecular formula is C21H22F2N6O4S. The second kappa shape index (κ2) is 10.1. The Kier molecular flexibility index (Phi) is 6.93. The fraction of sp³-hybridized carbons (Fsp3) is 0.286. The molecule has 0 saturated carbocycles. The highest BCUT2D eigenvalue weighted by Crippen LogP contribution is 2.42. The number of ether oxygens (including phenoxy) is 3. The smallest absolute Gasteiger partial charge is 0.395 e. The van der Waals surface area contributed by atoms with Crippen LogP contribution in [0.25, 0.3) is 0 Å². The Balaban J connectivity index is 1.38. The van der Waals surface area contributed by atoms with Crippen LogP contribution < -0.4 is 31.2 Å². The molecule has 0 bridgehead atoms. The maximum atomic E-state index is 13.2. The first-order chi connectivity index (χ1) is 16.3. The molecule has 13 heteroatoms. The number of hydrogen-bond donors (Lipinski definition) is 4. The first-order valence-corrected chi connectivity index (χ1v) is 11.1. The van der Waals surface area contributed by atoms with Gasteiger partial charge in [-0.25, -0.2) is 4.98 Å². The summed E-state index contributed by atoms with van der Waals surface area (Å²) < 4.78 is 40.2. The second-order valence-electron chi connectivity index (χ2n) is 7.18. The number of thiophene rings is 1. The van der Waals surface area contributed by atoms with Crippen LogP contribution in [-0.4, -0.2) is 42.4 Å². The lowest BCUT2D eigenvalue weighted by Crippen LogP contribution is -2.25. The average molecular weight is 493 g/mol. The predicted octanol–water partition coefficient (Wildman–Crippen LogP) is 3.75. The summed E-state index contributed by atoms with van der Waals surface area (Å²) in [7, 11) is 1.64. The van der Waals surface area contributed by atoms with E-state index in [2.05, 4.69) is 35.4 Å². The number of methoxy groups -OCH3 is 1. The van der Waals surface area contributed by atoms with Crippen molar-refractivity contribution in [1.29, 1.82) is 0 Å².